The van der Waals surface area contributed by atoms with Crippen LogP contribution in [-0.4, -0.2) is 28.1 Å². The molecule has 5 heteroatoms. The van der Waals surface area contributed by atoms with Crippen LogP contribution in [0.3, 0.4) is 0 Å². The second-order valence-electron chi connectivity index (χ2n) is 9.52. The van der Waals surface area contributed by atoms with Crippen LogP contribution in [0.1, 0.15) is 102 Å². The number of benzene rings is 1. The zero-order chi connectivity index (χ0) is 23.0. The molecule has 174 valence electrons. The molecule has 0 saturated heterocycles. The summed E-state index contributed by atoms with van der Waals surface area (Å²) in [4.78, 5) is 0.485. The molecule has 0 spiro atoms. The molecule has 31 heavy (non-hydrogen) atoms. The van der Waals surface area contributed by atoms with E-state index in [1.54, 1.807) is 0 Å². The van der Waals surface area contributed by atoms with E-state index in [9.17, 15) is 8.42 Å². The van der Waals surface area contributed by atoms with Gasteiger partial charge in [0.1, 0.15) is 0 Å². The van der Waals surface area contributed by atoms with Crippen LogP contribution in [0, 0.1) is 0 Å². The van der Waals surface area contributed by atoms with Crippen molar-refractivity contribution in [2.24, 2.45) is 0 Å². The maximum atomic E-state index is 13.3. The lowest BCUT2D eigenvalue weighted by atomic mass is 9.89. The molecule has 1 aromatic rings. The van der Waals surface area contributed by atoms with E-state index in [-0.39, 0.29) is 11.8 Å². The summed E-state index contributed by atoms with van der Waals surface area (Å²) in [6.07, 6.45) is 11.1. The Kier molecular flexibility index (Phi) is 9.98. The lowest BCUT2D eigenvalue weighted by molar-refractivity contribution is 0.569. The average Bonchev–Trinajstić information content (AvgIpc) is 2.72. The van der Waals surface area contributed by atoms with Crippen LogP contribution in [0.5, 0.6) is 0 Å². The Bertz CT molecular complexity index is 852. The van der Waals surface area contributed by atoms with Crippen LogP contribution in [0.4, 0.5) is 0 Å². The van der Waals surface area contributed by atoms with E-state index in [1.807, 2.05) is 0 Å². The third-order valence-electron chi connectivity index (χ3n) is 5.88. The van der Waals surface area contributed by atoms with E-state index in [4.69, 9.17) is 0 Å². The first kappa shape index (κ1) is 25.8. The zero-order valence-corrected chi connectivity index (χ0v) is 21.1. The number of rotatable bonds is 12. The maximum Gasteiger partial charge on any atom is 0.241 e. The number of sulfonamides is 1. The second kappa shape index (κ2) is 12.0. The van der Waals surface area contributed by atoms with Gasteiger partial charge in [-0.25, -0.2) is 13.1 Å². The molecule has 0 fully saturated rings. The summed E-state index contributed by atoms with van der Waals surface area (Å²) in [7, 11) is -3.57. The van der Waals surface area contributed by atoms with E-state index in [2.05, 4.69) is 81.9 Å². The number of allylic oxidation sites excluding steroid dienone is 4. The molecule has 0 atom stereocenters. The molecule has 0 heterocycles. The van der Waals surface area contributed by atoms with Crippen LogP contribution in [-0.2, 0) is 10.0 Å². The lowest BCUT2D eigenvalue weighted by Gasteiger charge is -2.23. The minimum Gasteiger partial charge on any atom is -0.315 e. The Morgan fingerprint density at radius 3 is 2.03 bits per heavy atom. The molecule has 0 saturated carbocycles. The smallest absolute Gasteiger partial charge is 0.241 e. The first-order valence-electron chi connectivity index (χ1n) is 11.8. The van der Waals surface area contributed by atoms with E-state index >= 15 is 0 Å². The van der Waals surface area contributed by atoms with Crippen molar-refractivity contribution < 1.29 is 8.42 Å². The molecule has 0 radical (unpaired) electrons. The largest absolute Gasteiger partial charge is 0.315 e. The van der Waals surface area contributed by atoms with Gasteiger partial charge in [-0.2, -0.15) is 0 Å². The Morgan fingerprint density at radius 2 is 1.52 bits per heavy atom. The van der Waals surface area contributed by atoms with Gasteiger partial charge in [0, 0.05) is 13.1 Å². The van der Waals surface area contributed by atoms with Crippen molar-refractivity contribution in [3.05, 3.63) is 52.6 Å². The highest BCUT2D eigenvalue weighted by Crippen LogP contribution is 2.34. The van der Waals surface area contributed by atoms with Crippen molar-refractivity contribution in [1.82, 2.24) is 10.0 Å². The summed E-state index contributed by atoms with van der Waals surface area (Å²) in [6.45, 7) is 14.5. The summed E-state index contributed by atoms with van der Waals surface area (Å²) in [5.41, 5.74) is 4.56. The van der Waals surface area contributed by atoms with Crippen molar-refractivity contribution in [2.45, 2.75) is 89.9 Å². The summed E-state index contributed by atoms with van der Waals surface area (Å²) in [5.74, 6) is 0.652. The predicted octanol–water partition coefficient (Wildman–Crippen LogP) is 5.98. The van der Waals surface area contributed by atoms with Gasteiger partial charge in [0.05, 0.1) is 4.90 Å². The molecule has 0 bridgehead atoms. The fraction of sp³-hybridized carbons (Fsp3) is 0.615. The molecule has 2 rings (SSSR count). The number of hydrogen-bond donors (Lipinski definition) is 2. The third kappa shape index (κ3) is 7.58. The maximum absolute atomic E-state index is 13.3. The summed E-state index contributed by atoms with van der Waals surface area (Å²) < 4.78 is 29.5. The number of hydrogen-bond acceptors (Lipinski definition) is 3. The van der Waals surface area contributed by atoms with E-state index in [1.165, 1.54) is 11.1 Å². The molecule has 2 N–H and O–H groups in total. The van der Waals surface area contributed by atoms with Gasteiger partial charge >= 0.3 is 0 Å². The molecular formula is C26H42N2O2S. The van der Waals surface area contributed by atoms with Crippen LogP contribution in [0.25, 0.3) is 0 Å². The van der Waals surface area contributed by atoms with Crippen molar-refractivity contribution in [3.8, 4) is 0 Å². The topological polar surface area (TPSA) is 58.2 Å². The standard InChI is InChI=1S/C26H42N2O2S/c1-19(2)23-17-24(20(3)4)26(25(18-23)21(5)6)31(29,30)28-16-15-27-14-10-13-22-11-8-7-9-12-22/h7-8,12,17-21,27-28H,9-11,13-16H2,1-6H3. The van der Waals surface area contributed by atoms with Gasteiger partial charge in [-0.15, -0.1) is 0 Å². The first-order chi connectivity index (χ1) is 14.6. The quantitative estimate of drug-likeness (QED) is 0.307. The van der Waals surface area contributed by atoms with Crippen molar-refractivity contribution in [1.29, 1.82) is 0 Å². The highest BCUT2D eigenvalue weighted by molar-refractivity contribution is 7.89. The van der Waals surface area contributed by atoms with Crippen LogP contribution in [0.2, 0.25) is 0 Å². The van der Waals surface area contributed by atoms with E-state index in [0.717, 1.165) is 43.4 Å². The van der Waals surface area contributed by atoms with Gasteiger partial charge in [0.15, 0.2) is 0 Å². The fourth-order valence-electron chi connectivity index (χ4n) is 3.96. The Morgan fingerprint density at radius 1 is 0.871 bits per heavy atom. The van der Waals surface area contributed by atoms with E-state index in [0.29, 0.717) is 23.9 Å². The first-order valence-corrected chi connectivity index (χ1v) is 13.3. The predicted molar refractivity (Wildman–Crippen MR) is 132 cm³/mol. The molecular weight excluding hydrogens is 404 g/mol. The van der Waals surface area contributed by atoms with Gasteiger partial charge in [-0.05, 0) is 66.7 Å². The second-order valence-corrected chi connectivity index (χ2v) is 11.2. The van der Waals surface area contributed by atoms with Gasteiger partial charge in [-0.3, -0.25) is 0 Å². The Labute approximate surface area is 190 Å². The van der Waals surface area contributed by atoms with Gasteiger partial charge < -0.3 is 5.32 Å². The van der Waals surface area contributed by atoms with Crippen molar-refractivity contribution >= 4 is 10.0 Å². The molecule has 0 amide bonds. The minimum absolute atomic E-state index is 0.143. The SMILES string of the molecule is CC(C)c1cc(C(C)C)c(S(=O)(=O)NCCNCCCC2=CCC=CC2)c(C(C)C)c1. The normalized spacial score (nSPS) is 14.7. The number of nitrogens with one attached hydrogen (secondary N) is 2. The van der Waals surface area contributed by atoms with Gasteiger partial charge in [0.2, 0.25) is 10.0 Å². The molecule has 1 aliphatic rings. The molecule has 0 aromatic heterocycles. The molecule has 0 unspecified atom stereocenters. The minimum atomic E-state index is -3.57. The Balaban J connectivity index is 1.99. The average molecular weight is 447 g/mol. The molecule has 0 aliphatic heterocycles. The highest BCUT2D eigenvalue weighted by atomic mass is 32.2. The van der Waals surface area contributed by atoms with E-state index < -0.39 is 10.0 Å². The van der Waals surface area contributed by atoms with Crippen LogP contribution >= 0.6 is 0 Å². The monoisotopic (exact) mass is 446 g/mol. The third-order valence-corrected chi connectivity index (χ3v) is 7.48. The summed E-state index contributed by atoms with van der Waals surface area (Å²) >= 11 is 0. The van der Waals surface area contributed by atoms with Crippen molar-refractivity contribution in [3.63, 3.8) is 0 Å². The molecule has 1 aromatic carbocycles. The Hall–Kier alpha value is -1.43. The highest BCUT2D eigenvalue weighted by Gasteiger charge is 2.26. The van der Waals surface area contributed by atoms with Crippen molar-refractivity contribution in [2.75, 3.05) is 19.6 Å². The summed E-state index contributed by atoms with van der Waals surface area (Å²) in [5, 5.41) is 3.38. The van der Waals surface area contributed by atoms with Crippen LogP contribution in [0.15, 0.2) is 40.8 Å². The van der Waals surface area contributed by atoms with Gasteiger partial charge in [-0.1, -0.05) is 77.5 Å². The van der Waals surface area contributed by atoms with Crippen LogP contribution < -0.4 is 10.0 Å². The molecule has 4 nitrogen and oxygen atoms in total. The fourth-order valence-corrected chi connectivity index (χ4v) is 5.69. The van der Waals surface area contributed by atoms with Gasteiger partial charge in [0.25, 0.3) is 0 Å². The summed E-state index contributed by atoms with van der Waals surface area (Å²) in [6, 6.07) is 4.17. The zero-order valence-electron chi connectivity index (χ0n) is 20.3. The lowest BCUT2D eigenvalue weighted by Crippen LogP contribution is -2.33. The molecule has 1 aliphatic carbocycles.